The molecule has 1 aromatic heterocycles. The molecule has 1 fully saturated rings. The lowest BCUT2D eigenvalue weighted by atomic mass is 10.2. The molecule has 9 heteroatoms. The van der Waals surface area contributed by atoms with Crippen LogP contribution in [0.5, 0.6) is 0 Å². The third-order valence-corrected chi connectivity index (χ3v) is 6.05. The number of hydrogen-bond donors (Lipinski definition) is 1. The quantitative estimate of drug-likeness (QED) is 0.872. The molecule has 1 aliphatic rings. The Morgan fingerprint density at radius 3 is 2.69 bits per heavy atom. The molecule has 1 unspecified atom stereocenters. The van der Waals surface area contributed by atoms with Crippen molar-refractivity contribution in [1.29, 1.82) is 0 Å². The second kappa shape index (κ2) is 6.99. The Labute approximate surface area is 151 Å². The van der Waals surface area contributed by atoms with Crippen LogP contribution in [0.15, 0.2) is 30.3 Å². The summed E-state index contributed by atoms with van der Waals surface area (Å²) in [5, 5.41) is 2.48. The molecule has 1 atom stereocenters. The summed E-state index contributed by atoms with van der Waals surface area (Å²) >= 11 is 0. The number of amides is 1. The number of nitrogens with zero attached hydrogens (tertiary/aromatic N) is 3. The fraction of sp³-hybridized carbons (Fsp3) is 0.353. The van der Waals surface area contributed by atoms with Crippen molar-refractivity contribution in [3.05, 3.63) is 47.7 Å². The van der Waals surface area contributed by atoms with Crippen molar-refractivity contribution in [3.8, 4) is 0 Å². The van der Waals surface area contributed by atoms with Crippen LogP contribution in [0, 0.1) is 12.7 Å². The summed E-state index contributed by atoms with van der Waals surface area (Å²) in [4.78, 5) is 22.6. The zero-order valence-electron chi connectivity index (χ0n) is 14.4. The van der Waals surface area contributed by atoms with Crippen LogP contribution in [0.4, 0.5) is 15.9 Å². The van der Waals surface area contributed by atoms with Gasteiger partial charge >= 0.3 is 0 Å². The van der Waals surface area contributed by atoms with E-state index < -0.39 is 21.6 Å². The molecule has 1 aromatic carbocycles. The standard InChI is InChI=1S/C17H19FN4O3S/c1-11-19-15(17(23)21-14-6-4-3-5-13(14)18)9-16(20-11)22(2)12-7-8-26(24,25)10-12/h3-6,9,12H,7-8,10H2,1-2H3,(H,21,23). The number of para-hydroxylation sites is 1. The Morgan fingerprint density at radius 2 is 2.04 bits per heavy atom. The van der Waals surface area contributed by atoms with Crippen LogP contribution in [0.25, 0.3) is 0 Å². The number of anilines is 2. The van der Waals surface area contributed by atoms with Gasteiger partial charge in [-0.25, -0.2) is 22.8 Å². The van der Waals surface area contributed by atoms with Gasteiger partial charge in [0.1, 0.15) is 23.2 Å². The van der Waals surface area contributed by atoms with E-state index in [0.29, 0.717) is 18.1 Å². The summed E-state index contributed by atoms with van der Waals surface area (Å²) < 4.78 is 37.1. The molecule has 1 N–H and O–H groups in total. The van der Waals surface area contributed by atoms with Crippen molar-refractivity contribution in [3.63, 3.8) is 0 Å². The number of halogens is 1. The SMILES string of the molecule is Cc1nc(C(=O)Nc2ccccc2F)cc(N(C)C2CCS(=O)(=O)C2)n1. The van der Waals surface area contributed by atoms with Gasteiger partial charge in [-0.05, 0) is 25.5 Å². The third-order valence-electron chi connectivity index (χ3n) is 4.30. The van der Waals surface area contributed by atoms with Crippen LogP contribution in [-0.2, 0) is 9.84 Å². The molecule has 1 aliphatic heterocycles. The van der Waals surface area contributed by atoms with E-state index in [9.17, 15) is 17.6 Å². The number of aryl methyl sites for hydroxylation is 1. The molecule has 26 heavy (non-hydrogen) atoms. The van der Waals surface area contributed by atoms with E-state index in [4.69, 9.17) is 0 Å². The number of carbonyl (C=O) groups excluding carboxylic acids is 1. The lowest BCUT2D eigenvalue weighted by Crippen LogP contribution is -2.33. The van der Waals surface area contributed by atoms with Crippen molar-refractivity contribution in [2.24, 2.45) is 0 Å². The van der Waals surface area contributed by atoms with Crippen LogP contribution in [0.3, 0.4) is 0 Å². The van der Waals surface area contributed by atoms with Crippen LogP contribution >= 0.6 is 0 Å². The van der Waals surface area contributed by atoms with Crippen LogP contribution in [0.1, 0.15) is 22.7 Å². The van der Waals surface area contributed by atoms with E-state index in [1.165, 1.54) is 24.3 Å². The van der Waals surface area contributed by atoms with Crippen molar-refractivity contribution < 1.29 is 17.6 Å². The monoisotopic (exact) mass is 378 g/mol. The Morgan fingerprint density at radius 1 is 1.31 bits per heavy atom. The van der Waals surface area contributed by atoms with Gasteiger partial charge in [0, 0.05) is 19.2 Å². The van der Waals surface area contributed by atoms with Crippen LogP contribution in [-0.4, -0.2) is 48.9 Å². The lowest BCUT2D eigenvalue weighted by molar-refractivity contribution is 0.102. The van der Waals surface area contributed by atoms with E-state index in [1.54, 1.807) is 24.9 Å². The maximum Gasteiger partial charge on any atom is 0.274 e. The molecular formula is C17H19FN4O3S. The molecule has 0 spiro atoms. The van der Waals surface area contributed by atoms with Crippen LogP contribution in [0.2, 0.25) is 0 Å². The average molecular weight is 378 g/mol. The Hall–Kier alpha value is -2.55. The zero-order valence-corrected chi connectivity index (χ0v) is 15.3. The highest BCUT2D eigenvalue weighted by atomic mass is 32.2. The summed E-state index contributed by atoms with van der Waals surface area (Å²) in [6.45, 7) is 1.64. The van der Waals surface area contributed by atoms with E-state index in [0.717, 1.165) is 0 Å². The Balaban J connectivity index is 1.83. The molecule has 2 heterocycles. The van der Waals surface area contributed by atoms with Crippen molar-refractivity contribution in [1.82, 2.24) is 9.97 Å². The van der Waals surface area contributed by atoms with Gasteiger partial charge < -0.3 is 10.2 Å². The molecule has 0 saturated carbocycles. The molecule has 1 saturated heterocycles. The van der Waals surface area contributed by atoms with Gasteiger partial charge in [0.25, 0.3) is 5.91 Å². The van der Waals surface area contributed by atoms with Gasteiger partial charge in [0.05, 0.1) is 17.2 Å². The summed E-state index contributed by atoms with van der Waals surface area (Å²) in [5.74, 6) is -0.0719. The van der Waals surface area contributed by atoms with E-state index in [2.05, 4.69) is 15.3 Å². The maximum atomic E-state index is 13.7. The molecule has 0 bridgehead atoms. The molecule has 0 radical (unpaired) electrons. The fourth-order valence-electron chi connectivity index (χ4n) is 2.87. The first-order valence-corrected chi connectivity index (χ1v) is 9.92. The van der Waals surface area contributed by atoms with Gasteiger partial charge in [-0.1, -0.05) is 12.1 Å². The molecule has 3 rings (SSSR count). The van der Waals surface area contributed by atoms with Gasteiger partial charge in [0.2, 0.25) is 0 Å². The maximum absolute atomic E-state index is 13.7. The number of benzene rings is 1. The predicted molar refractivity (Wildman–Crippen MR) is 96.6 cm³/mol. The average Bonchev–Trinajstić information content (AvgIpc) is 2.95. The Bertz CT molecular complexity index is 949. The highest BCUT2D eigenvalue weighted by Crippen LogP contribution is 2.22. The minimum Gasteiger partial charge on any atom is -0.356 e. The molecule has 7 nitrogen and oxygen atoms in total. The molecule has 1 amide bonds. The predicted octanol–water partition coefficient (Wildman–Crippen LogP) is 1.80. The summed E-state index contributed by atoms with van der Waals surface area (Å²) in [6, 6.07) is 7.13. The Kier molecular flexibility index (Phi) is 4.90. The highest BCUT2D eigenvalue weighted by molar-refractivity contribution is 7.91. The van der Waals surface area contributed by atoms with Crippen molar-refractivity contribution in [2.75, 3.05) is 28.8 Å². The second-order valence-electron chi connectivity index (χ2n) is 6.26. The van der Waals surface area contributed by atoms with Gasteiger partial charge in [0.15, 0.2) is 9.84 Å². The number of carbonyl (C=O) groups is 1. The highest BCUT2D eigenvalue weighted by Gasteiger charge is 2.31. The van der Waals surface area contributed by atoms with E-state index in [-0.39, 0.29) is 28.9 Å². The first-order valence-electron chi connectivity index (χ1n) is 8.10. The van der Waals surface area contributed by atoms with Crippen LogP contribution < -0.4 is 10.2 Å². The number of aromatic nitrogens is 2. The first kappa shape index (κ1) is 18.2. The van der Waals surface area contributed by atoms with Crippen molar-refractivity contribution >= 4 is 27.2 Å². The molecule has 0 aliphatic carbocycles. The van der Waals surface area contributed by atoms with Gasteiger partial charge in [-0.2, -0.15) is 0 Å². The van der Waals surface area contributed by atoms with Gasteiger partial charge in [-0.15, -0.1) is 0 Å². The van der Waals surface area contributed by atoms with E-state index >= 15 is 0 Å². The zero-order chi connectivity index (χ0) is 18.9. The summed E-state index contributed by atoms with van der Waals surface area (Å²) in [5.41, 5.74) is 0.147. The number of hydrogen-bond acceptors (Lipinski definition) is 6. The molecular weight excluding hydrogens is 359 g/mol. The normalized spacial score (nSPS) is 18.5. The minimum atomic E-state index is -3.04. The topological polar surface area (TPSA) is 92.3 Å². The third kappa shape index (κ3) is 3.98. The summed E-state index contributed by atoms with van der Waals surface area (Å²) in [6.07, 6.45) is 0.513. The largest absolute Gasteiger partial charge is 0.356 e. The second-order valence-corrected chi connectivity index (χ2v) is 8.49. The minimum absolute atomic E-state index is 0.0588. The molecule has 2 aromatic rings. The van der Waals surface area contributed by atoms with E-state index in [1.807, 2.05) is 0 Å². The van der Waals surface area contributed by atoms with Gasteiger partial charge in [-0.3, -0.25) is 4.79 Å². The molecule has 138 valence electrons. The summed E-state index contributed by atoms with van der Waals surface area (Å²) in [7, 11) is -1.29. The number of sulfone groups is 1. The first-order chi connectivity index (χ1) is 12.2. The van der Waals surface area contributed by atoms with Crippen molar-refractivity contribution in [2.45, 2.75) is 19.4 Å². The number of rotatable bonds is 4. The fourth-order valence-corrected chi connectivity index (χ4v) is 4.64. The lowest BCUT2D eigenvalue weighted by Gasteiger charge is -2.25. The number of nitrogens with one attached hydrogen (secondary N) is 1. The smallest absolute Gasteiger partial charge is 0.274 e.